The van der Waals surface area contributed by atoms with E-state index in [4.69, 9.17) is 0 Å². The van der Waals surface area contributed by atoms with Gasteiger partial charge in [0.05, 0.1) is 12.3 Å². The minimum Gasteiger partial charge on any atom is -0.355 e. The molecule has 26 heavy (non-hydrogen) atoms. The van der Waals surface area contributed by atoms with Gasteiger partial charge in [-0.15, -0.1) is 24.0 Å². The zero-order valence-corrected chi connectivity index (χ0v) is 20.2. The minimum atomic E-state index is -3.26. The van der Waals surface area contributed by atoms with E-state index in [1.807, 2.05) is 20.8 Å². The number of nitrogens with zero attached hydrogens (tertiary/aromatic N) is 3. The summed E-state index contributed by atoms with van der Waals surface area (Å²) < 4.78 is 26.2. The molecule has 0 radical (unpaired) electrons. The van der Waals surface area contributed by atoms with E-state index < -0.39 is 10.0 Å². The summed E-state index contributed by atoms with van der Waals surface area (Å²) in [5.74, 6) is 2.09. The summed E-state index contributed by atoms with van der Waals surface area (Å²) >= 11 is 1.78. The highest BCUT2D eigenvalue weighted by Crippen LogP contribution is 2.13. The van der Waals surface area contributed by atoms with Crippen molar-refractivity contribution in [1.82, 2.24) is 19.8 Å². The van der Waals surface area contributed by atoms with Crippen molar-refractivity contribution in [3.05, 3.63) is 0 Å². The van der Waals surface area contributed by atoms with Crippen molar-refractivity contribution < 1.29 is 13.2 Å². The third kappa shape index (κ3) is 9.60. The highest BCUT2D eigenvalue weighted by molar-refractivity contribution is 14.0. The van der Waals surface area contributed by atoms with Gasteiger partial charge in [0.15, 0.2) is 5.96 Å². The molecule has 1 fully saturated rings. The first-order valence-corrected chi connectivity index (χ1v) is 11.1. The van der Waals surface area contributed by atoms with Crippen molar-refractivity contribution in [1.29, 1.82) is 0 Å². The first-order valence-electron chi connectivity index (χ1n) is 8.33. The van der Waals surface area contributed by atoms with Gasteiger partial charge in [0, 0.05) is 50.8 Å². The van der Waals surface area contributed by atoms with Gasteiger partial charge in [0.2, 0.25) is 15.9 Å². The van der Waals surface area contributed by atoms with Crippen molar-refractivity contribution in [3.8, 4) is 0 Å². The number of rotatable bonds is 6. The van der Waals surface area contributed by atoms with E-state index >= 15 is 0 Å². The molecule has 1 rings (SSSR count). The molecule has 2 N–H and O–H groups in total. The van der Waals surface area contributed by atoms with Gasteiger partial charge in [-0.3, -0.25) is 9.79 Å². The fourth-order valence-electron chi connectivity index (χ4n) is 2.38. The van der Waals surface area contributed by atoms with Crippen LogP contribution in [0.2, 0.25) is 0 Å². The highest BCUT2D eigenvalue weighted by atomic mass is 127. The fourth-order valence-corrected chi connectivity index (χ4v) is 4.87. The van der Waals surface area contributed by atoms with Gasteiger partial charge in [-0.2, -0.15) is 11.8 Å². The van der Waals surface area contributed by atoms with Crippen molar-refractivity contribution in [2.75, 3.05) is 57.5 Å². The molecular formula is C15H32IN5O3S2. The molecule has 11 heteroatoms. The molecule has 1 heterocycles. The summed E-state index contributed by atoms with van der Waals surface area (Å²) in [6.45, 7) is 7.31. The van der Waals surface area contributed by atoms with Gasteiger partial charge in [-0.25, -0.2) is 12.7 Å². The number of guanidine groups is 1. The fraction of sp³-hybridized carbons (Fsp3) is 0.867. The van der Waals surface area contributed by atoms with Gasteiger partial charge in [-0.05, 0) is 20.8 Å². The van der Waals surface area contributed by atoms with E-state index in [0.29, 0.717) is 19.0 Å². The third-order valence-corrected chi connectivity index (χ3v) is 6.29. The Labute approximate surface area is 179 Å². The molecule has 0 aromatic heterocycles. The molecule has 8 nitrogen and oxygen atoms in total. The quantitative estimate of drug-likeness (QED) is 0.299. The summed E-state index contributed by atoms with van der Waals surface area (Å²) in [7, 11) is 0.0967. The molecule has 0 bridgehead atoms. The van der Waals surface area contributed by atoms with Crippen LogP contribution in [0, 0.1) is 0 Å². The lowest BCUT2D eigenvalue weighted by molar-refractivity contribution is -0.122. The van der Waals surface area contributed by atoms with Gasteiger partial charge >= 0.3 is 0 Å². The molecule has 0 aliphatic carbocycles. The van der Waals surface area contributed by atoms with Crippen LogP contribution >= 0.6 is 35.7 Å². The maximum atomic E-state index is 12.3. The molecule has 1 aliphatic heterocycles. The molecule has 0 spiro atoms. The molecule has 0 unspecified atom stereocenters. The average Bonchev–Trinajstić information content (AvgIpc) is 2.50. The molecule has 1 aliphatic rings. The average molecular weight is 521 g/mol. The van der Waals surface area contributed by atoms with E-state index in [2.05, 4.69) is 15.6 Å². The standard InChI is InChI=1S/C15H31N5O3S2.HI/c1-15(2,3)18-13(21)12-19(5)14(16-4)17-6-11-25(22,23)20-7-9-24-10-8-20;/h6-12H2,1-5H3,(H,16,17)(H,18,21);1H. The Morgan fingerprint density at radius 1 is 1.27 bits per heavy atom. The molecule has 0 atom stereocenters. The summed E-state index contributed by atoms with van der Waals surface area (Å²) in [5.41, 5.74) is -0.296. The van der Waals surface area contributed by atoms with Crippen LogP contribution in [0.25, 0.3) is 0 Å². The van der Waals surface area contributed by atoms with E-state index in [1.165, 1.54) is 0 Å². The first-order chi connectivity index (χ1) is 11.5. The Morgan fingerprint density at radius 3 is 2.35 bits per heavy atom. The van der Waals surface area contributed by atoms with Crippen LogP contribution in [0.4, 0.5) is 0 Å². The van der Waals surface area contributed by atoms with Gasteiger partial charge in [-0.1, -0.05) is 0 Å². The number of hydrogen-bond acceptors (Lipinski definition) is 5. The van der Waals surface area contributed by atoms with Gasteiger partial charge < -0.3 is 15.5 Å². The topological polar surface area (TPSA) is 94.1 Å². The summed E-state index contributed by atoms with van der Waals surface area (Å²) in [4.78, 5) is 17.8. The second-order valence-electron chi connectivity index (χ2n) is 6.96. The van der Waals surface area contributed by atoms with Gasteiger partial charge in [0.1, 0.15) is 0 Å². The number of hydrogen-bond donors (Lipinski definition) is 2. The van der Waals surface area contributed by atoms with Crippen LogP contribution < -0.4 is 10.6 Å². The smallest absolute Gasteiger partial charge is 0.240 e. The number of carbonyl (C=O) groups is 1. The lowest BCUT2D eigenvalue weighted by Crippen LogP contribution is -2.49. The Kier molecular flexibility index (Phi) is 11.4. The lowest BCUT2D eigenvalue weighted by atomic mass is 10.1. The van der Waals surface area contributed by atoms with Crippen LogP contribution in [0.15, 0.2) is 4.99 Å². The zero-order valence-electron chi connectivity index (χ0n) is 16.2. The van der Waals surface area contributed by atoms with E-state index in [-0.39, 0.29) is 54.3 Å². The predicted molar refractivity (Wildman–Crippen MR) is 120 cm³/mol. The Hall–Kier alpha value is -0.270. The number of halogens is 1. The summed E-state index contributed by atoms with van der Waals surface area (Å²) in [5, 5.41) is 5.90. The predicted octanol–water partition coefficient (Wildman–Crippen LogP) is 0.405. The molecule has 0 saturated carbocycles. The largest absolute Gasteiger partial charge is 0.355 e. The molecule has 0 aromatic rings. The normalized spacial score (nSPS) is 16.6. The number of likely N-dealkylation sites (N-methyl/N-ethyl adjacent to an activating group) is 1. The number of sulfonamides is 1. The number of aliphatic imine (C=N–C) groups is 1. The maximum Gasteiger partial charge on any atom is 0.240 e. The molecule has 1 amide bonds. The molecule has 0 aromatic carbocycles. The highest BCUT2D eigenvalue weighted by Gasteiger charge is 2.24. The van der Waals surface area contributed by atoms with Crippen molar-refractivity contribution in [3.63, 3.8) is 0 Å². The number of thioether (sulfide) groups is 1. The molecule has 1 saturated heterocycles. The summed E-state index contributed by atoms with van der Waals surface area (Å²) in [6, 6.07) is 0. The first kappa shape index (κ1) is 25.7. The van der Waals surface area contributed by atoms with Crippen molar-refractivity contribution >= 4 is 57.6 Å². The number of carbonyl (C=O) groups excluding carboxylic acids is 1. The van der Waals surface area contributed by atoms with Crippen molar-refractivity contribution in [2.45, 2.75) is 26.3 Å². The Bertz CT molecular complexity index is 572. The molecular weight excluding hydrogens is 489 g/mol. The SMILES string of the molecule is CN=C(NCCS(=O)(=O)N1CCSCC1)N(C)CC(=O)NC(C)(C)C.I. The minimum absolute atomic E-state index is 0. The van der Waals surface area contributed by atoms with Crippen LogP contribution in [0.5, 0.6) is 0 Å². The van der Waals surface area contributed by atoms with Crippen LogP contribution in [-0.2, 0) is 14.8 Å². The second-order valence-corrected chi connectivity index (χ2v) is 10.3. The zero-order chi connectivity index (χ0) is 19.1. The van der Waals surface area contributed by atoms with Gasteiger partial charge in [0.25, 0.3) is 0 Å². The van der Waals surface area contributed by atoms with E-state index in [0.717, 1.165) is 11.5 Å². The Balaban J connectivity index is 0.00000625. The Morgan fingerprint density at radius 2 is 1.85 bits per heavy atom. The van der Waals surface area contributed by atoms with Crippen LogP contribution in [0.3, 0.4) is 0 Å². The van der Waals surface area contributed by atoms with Crippen LogP contribution in [0.1, 0.15) is 20.8 Å². The third-order valence-electron chi connectivity index (χ3n) is 3.48. The second kappa shape index (κ2) is 11.5. The van der Waals surface area contributed by atoms with E-state index in [9.17, 15) is 13.2 Å². The van der Waals surface area contributed by atoms with Crippen molar-refractivity contribution in [2.24, 2.45) is 4.99 Å². The van der Waals surface area contributed by atoms with Crippen LogP contribution in [-0.4, -0.2) is 92.6 Å². The maximum absolute atomic E-state index is 12.3. The number of amides is 1. The monoisotopic (exact) mass is 521 g/mol. The lowest BCUT2D eigenvalue weighted by Gasteiger charge is -2.27. The summed E-state index contributed by atoms with van der Waals surface area (Å²) in [6.07, 6.45) is 0. The van der Waals surface area contributed by atoms with E-state index in [1.54, 1.807) is 35.1 Å². The molecule has 154 valence electrons. The number of nitrogens with one attached hydrogen (secondary N) is 2.